The summed E-state index contributed by atoms with van der Waals surface area (Å²) in [5, 5.41) is 19.2. The first kappa shape index (κ1) is 11.7. The van der Waals surface area contributed by atoms with Crippen molar-refractivity contribution in [3.05, 3.63) is 29.1 Å². The second kappa shape index (κ2) is 4.89. The summed E-state index contributed by atoms with van der Waals surface area (Å²) >= 11 is 0. The Morgan fingerprint density at radius 2 is 2.25 bits per heavy atom. The number of aromatic nitrogens is 1. The maximum absolute atomic E-state index is 11.4. The molecule has 1 heterocycles. The number of pyridine rings is 1. The number of hydrogen-bond acceptors (Lipinski definition) is 4. The average Bonchev–Trinajstić information content (AvgIpc) is 2.25. The lowest BCUT2D eigenvalue weighted by Gasteiger charge is -2.03. The summed E-state index contributed by atoms with van der Waals surface area (Å²) < 4.78 is 0. The molecule has 82 valence electrons. The zero-order valence-electron chi connectivity index (χ0n) is 8.52. The Labute approximate surface area is 91.5 Å². The number of aryl methyl sites for hydroxylation is 1. The molecule has 0 aliphatic heterocycles. The molecule has 16 heavy (non-hydrogen) atoms. The average molecular weight is 219 g/mol. The fraction of sp³-hybridized carbons (Fsp3) is 0.200. The topological polar surface area (TPSA) is 103 Å². The van der Waals surface area contributed by atoms with Crippen LogP contribution in [0.15, 0.2) is 12.1 Å². The molecule has 6 nitrogen and oxygen atoms in total. The minimum atomic E-state index is -1.13. The summed E-state index contributed by atoms with van der Waals surface area (Å²) in [7, 11) is 0. The van der Waals surface area contributed by atoms with Crippen LogP contribution in [0.3, 0.4) is 0 Å². The highest BCUT2D eigenvalue weighted by Crippen LogP contribution is 2.05. The summed E-state index contributed by atoms with van der Waals surface area (Å²) in [6, 6.07) is 4.77. The summed E-state index contributed by atoms with van der Waals surface area (Å²) in [4.78, 5) is 25.5. The van der Waals surface area contributed by atoms with Crippen molar-refractivity contribution in [1.29, 1.82) is 5.26 Å². The van der Waals surface area contributed by atoms with E-state index in [1.165, 1.54) is 12.1 Å². The maximum atomic E-state index is 11.4. The van der Waals surface area contributed by atoms with Gasteiger partial charge in [0, 0.05) is 0 Å². The Morgan fingerprint density at radius 3 is 2.75 bits per heavy atom. The molecule has 0 aromatic carbocycles. The molecule has 1 rings (SSSR count). The summed E-state index contributed by atoms with van der Waals surface area (Å²) in [6.07, 6.45) is 0. The van der Waals surface area contributed by atoms with Crippen LogP contribution in [0.2, 0.25) is 0 Å². The van der Waals surface area contributed by atoms with Crippen molar-refractivity contribution in [2.75, 3.05) is 6.54 Å². The fourth-order valence-corrected chi connectivity index (χ4v) is 1.05. The molecule has 0 spiro atoms. The van der Waals surface area contributed by atoms with Crippen molar-refractivity contribution < 1.29 is 14.7 Å². The minimum absolute atomic E-state index is 0.0951. The highest BCUT2D eigenvalue weighted by molar-refractivity contribution is 5.94. The predicted molar refractivity (Wildman–Crippen MR) is 53.7 cm³/mol. The van der Waals surface area contributed by atoms with Crippen LogP contribution >= 0.6 is 0 Å². The molecule has 0 radical (unpaired) electrons. The van der Waals surface area contributed by atoms with Crippen LogP contribution in [0.5, 0.6) is 0 Å². The smallest absolute Gasteiger partial charge is 0.322 e. The van der Waals surface area contributed by atoms with E-state index in [-0.39, 0.29) is 5.69 Å². The fourth-order valence-electron chi connectivity index (χ4n) is 1.05. The lowest BCUT2D eigenvalue weighted by atomic mass is 10.2. The summed E-state index contributed by atoms with van der Waals surface area (Å²) in [6.45, 7) is 1.14. The first-order valence-corrected chi connectivity index (χ1v) is 4.42. The number of rotatable bonds is 3. The molecule has 2 N–H and O–H groups in total. The molecule has 0 aliphatic rings. The Hall–Kier alpha value is -2.42. The van der Waals surface area contributed by atoms with E-state index in [1.54, 1.807) is 6.92 Å². The second-order valence-corrected chi connectivity index (χ2v) is 3.02. The lowest BCUT2D eigenvalue weighted by molar-refractivity contribution is -0.135. The summed E-state index contributed by atoms with van der Waals surface area (Å²) in [5.74, 6) is -1.70. The maximum Gasteiger partial charge on any atom is 0.322 e. The number of aliphatic carboxylic acids is 1. The van der Waals surface area contributed by atoms with Gasteiger partial charge in [-0.1, -0.05) is 0 Å². The van der Waals surface area contributed by atoms with E-state index in [1.807, 2.05) is 6.07 Å². The van der Waals surface area contributed by atoms with Gasteiger partial charge < -0.3 is 10.4 Å². The monoisotopic (exact) mass is 219 g/mol. The highest BCUT2D eigenvalue weighted by atomic mass is 16.4. The van der Waals surface area contributed by atoms with Crippen LogP contribution in [-0.2, 0) is 4.79 Å². The standard InChI is InChI=1S/C10H9N3O3/c1-6-7(4-11)2-3-8(13-6)10(16)12-5-9(14)15/h2-3H,5H2,1H3,(H,12,16)(H,14,15). The van der Waals surface area contributed by atoms with Gasteiger partial charge in [-0.25, -0.2) is 4.98 Å². The van der Waals surface area contributed by atoms with E-state index < -0.39 is 18.4 Å². The van der Waals surface area contributed by atoms with Crippen molar-refractivity contribution >= 4 is 11.9 Å². The van der Waals surface area contributed by atoms with E-state index in [4.69, 9.17) is 10.4 Å². The van der Waals surface area contributed by atoms with E-state index in [2.05, 4.69) is 10.3 Å². The van der Waals surface area contributed by atoms with E-state index in [0.29, 0.717) is 11.3 Å². The van der Waals surface area contributed by atoms with Crippen LogP contribution in [0, 0.1) is 18.3 Å². The molecular weight excluding hydrogens is 210 g/mol. The number of nitrogens with zero attached hydrogens (tertiary/aromatic N) is 2. The van der Waals surface area contributed by atoms with E-state index in [9.17, 15) is 9.59 Å². The molecule has 0 bridgehead atoms. The van der Waals surface area contributed by atoms with Crippen molar-refractivity contribution in [1.82, 2.24) is 10.3 Å². The first-order chi connectivity index (χ1) is 7.54. The van der Waals surface area contributed by atoms with Gasteiger partial charge in [0.05, 0.1) is 11.3 Å². The molecule has 6 heteroatoms. The Morgan fingerprint density at radius 1 is 1.56 bits per heavy atom. The van der Waals surface area contributed by atoms with Crippen molar-refractivity contribution in [2.45, 2.75) is 6.92 Å². The first-order valence-electron chi connectivity index (χ1n) is 4.42. The van der Waals surface area contributed by atoms with Gasteiger partial charge in [0.15, 0.2) is 0 Å². The van der Waals surface area contributed by atoms with Gasteiger partial charge in [0.1, 0.15) is 18.3 Å². The third-order valence-corrected chi connectivity index (χ3v) is 1.84. The Bertz CT molecular complexity index is 477. The van der Waals surface area contributed by atoms with Crippen LogP contribution < -0.4 is 5.32 Å². The van der Waals surface area contributed by atoms with Crippen LogP contribution in [0.25, 0.3) is 0 Å². The van der Waals surface area contributed by atoms with E-state index in [0.717, 1.165) is 0 Å². The predicted octanol–water partition coefficient (Wildman–Crippen LogP) is 0.0761. The lowest BCUT2D eigenvalue weighted by Crippen LogP contribution is -2.30. The second-order valence-electron chi connectivity index (χ2n) is 3.02. The van der Waals surface area contributed by atoms with Crippen LogP contribution in [0.1, 0.15) is 21.7 Å². The van der Waals surface area contributed by atoms with Gasteiger partial charge in [-0.2, -0.15) is 5.26 Å². The highest BCUT2D eigenvalue weighted by Gasteiger charge is 2.10. The zero-order valence-corrected chi connectivity index (χ0v) is 8.52. The van der Waals surface area contributed by atoms with Gasteiger partial charge in [0.25, 0.3) is 5.91 Å². The van der Waals surface area contributed by atoms with Gasteiger partial charge in [-0.05, 0) is 19.1 Å². The van der Waals surface area contributed by atoms with Crippen molar-refractivity contribution in [3.8, 4) is 6.07 Å². The van der Waals surface area contributed by atoms with Crippen LogP contribution in [-0.4, -0.2) is 28.5 Å². The molecule has 1 aromatic rings. The van der Waals surface area contributed by atoms with Crippen molar-refractivity contribution in [2.24, 2.45) is 0 Å². The van der Waals surface area contributed by atoms with Crippen LogP contribution in [0.4, 0.5) is 0 Å². The number of hydrogen-bond donors (Lipinski definition) is 2. The van der Waals surface area contributed by atoms with Crippen molar-refractivity contribution in [3.63, 3.8) is 0 Å². The number of carboxylic acid groups (broad SMARTS) is 1. The quantitative estimate of drug-likeness (QED) is 0.749. The van der Waals surface area contributed by atoms with Gasteiger partial charge >= 0.3 is 5.97 Å². The number of carboxylic acids is 1. The molecule has 0 atom stereocenters. The number of nitrogens with one attached hydrogen (secondary N) is 1. The molecule has 0 saturated heterocycles. The molecular formula is C10H9N3O3. The molecule has 0 saturated carbocycles. The SMILES string of the molecule is Cc1nc(C(=O)NCC(=O)O)ccc1C#N. The summed E-state index contributed by atoms with van der Waals surface area (Å²) in [5.41, 5.74) is 0.915. The third-order valence-electron chi connectivity index (χ3n) is 1.84. The Balaban J connectivity index is 2.82. The minimum Gasteiger partial charge on any atom is -0.480 e. The molecule has 0 aliphatic carbocycles. The number of nitriles is 1. The van der Waals surface area contributed by atoms with Gasteiger partial charge in [-0.15, -0.1) is 0 Å². The third kappa shape index (κ3) is 2.78. The number of carbonyl (C=O) groups excluding carboxylic acids is 1. The molecule has 1 aromatic heterocycles. The molecule has 1 amide bonds. The largest absolute Gasteiger partial charge is 0.480 e. The number of amides is 1. The normalized spacial score (nSPS) is 9.25. The number of carbonyl (C=O) groups is 2. The van der Waals surface area contributed by atoms with Gasteiger partial charge in [0.2, 0.25) is 0 Å². The van der Waals surface area contributed by atoms with E-state index >= 15 is 0 Å². The zero-order chi connectivity index (χ0) is 12.1. The molecule has 0 unspecified atom stereocenters. The molecule has 0 fully saturated rings. The van der Waals surface area contributed by atoms with Gasteiger partial charge in [-0.3, -0.25) is 9.59 Å². The Kier molecular flexibility index (Phi) is 3.56.